The van der Waals surface area contributed by atoms with Crippen molar-refractivity contribution in [2.75, 3.05) is 52.4 Å². The molecule has 0 aliphatic carbocycles. The second kappa shape index (κ2) is 10.6. The average Bonchev–Trinajstić information content (AvgIpc) is 3.07. The van der Waals surface area contributed by atoms with Crippen molar-refractivity contribution >= 4 is 11.9 Å². The van der Waals surface area contributed by atoms with Gasteiger partial charge in [-0.05, 0) is 58.5 Å². The molecule has 0 saturated carbocycles. The van der Waals surface area contributed by atoms with E-state index in [1.807, 2.05) is 6.92 Å². The number of carbonyl (C=O) groups excluding carboxylic acids is 1. The summed E-state index contributed by atoms with van der Waals surface area (Å²) in [4.78, 5) is 21.8. The highest BCUT2D eigenvalue weighted by Gasteiger charge is 2.29. The lowest BCUT2D eigenvalue weighted by atomic mass is 9.98. The number of hydrogen-bond acceptors (Lipinski definition) is 4. The van der Waals surface area contributed by atoms with Crippen LogP contribution < -0.4 is 5.32 Å². The minimum absolute atomic E-state index is 0.0240. The topological polar surface area (TPSA) is 57.2 Å². The van der Waals surface area contributed by atoms with Crippen molar-refractivity contribution in [3.05, 3.63) is 0 Å². The SMILES string of the molecule is CCCN1CCC(CN=C(NCC)N2CCCC(C(=O)OCC)C2)C1. The predicted molar refractivity (Wildman–Crippen MR) is 102 cm³/mol. The third-order valence-electron chi connectivity index (χ3n) is 5.08. The van der Waals surface area contributed by atoms with Crippen LogP contribution in [0.5, 0.6) is 0 Å². The average molecular weight is 353 g/mol. The molecule has 2 saturated heterocycles. The van der Waals surface area contributed by atoms with Crippen molar-refractivity contribution in [1.82, 2.24) is 15.1 Å². The molecule has 144 valence electrons. The van der Waals surface area contributed by atoms with Crippen LogP contribution in [0.3, 0.4) is 0 Å². The standard InChI is InChI=1S/C19H36N4O2/c1-4-10-22-12-9-16(14-22)13-21-19(20-5-2)23-11-7-8-17(15-23)18(24)25-6-3/h16-17H,4-15H2,1-3H3,(H,20,21). The Morgan fingerprint density at radius 2 is 2.04 bits per heavy atom. The Balaban J connectivity index is 1.91. The van der Waals surface area contributed by atoms with Gasteiger partial charge in [0.15, 0.2) is 5.96 Å². The van der Waals surface area contributed by atoms with Gasteiger partial charge in [-0.25, -0.2) is 0 Å². The Morgan fingerprint density at radius 1 is 1.20 bits per heavy atom. The third-order valence-corrected chi connectivity index (χ3v) is 5.08. The first-order chi connectivity index (χ1) is 12.2. The summed E-state index contributed by atoms with van der Waals surface area (Å²) in [5.74, 6) is 1.54. The highest BCUT2D eigenvalue weighted by Crippen LogP contribution is 2.19. The zero-order chi connectivity index (χ0) is 18.1. The lowest BCUT2D eigenvalue weighted by Gasteiger charge is -2.34. The van der Waals surface area contributed by atoms with Gasteiger partial charge in [-0.2, -0.15) is 0 Å². The molecule has 0 bridgehead atoms. The van der Waals surface area contributed by atoms with Crippen LogP contribution in [-0.2, 0) is 9.53 Å². The van der Waals surface area contributed by atoms with E-state index in [1.165, 1.54) is 32.5 Å². The van der Waals surface area contributed by atoms with E-state index < -0.39 is 0 Å². The largest absolute Gasteiger partial charge is 0.466 e. The smallest absolute Gasteiger partial charge is 0.310 e. The minimum Gasteiger partial charge on any atom is -0.466 e. The number of rotatable bonds is 7. The molecule has 0 aromatic heterocycles. The zero-order valence-corrected chi connectivity index (χ0v) is 16.3. The van der Waals surface area contributed by atoms with E-state index in [0.29, 0.717) is 12.5 Å². The highest BCUT2D eigenvalue weighted by atomic mass is 16.5. The van der Waals surface area contributed by atoms with Gasteiger partial charge >= 0.3 is 5.97 Å². The molecule has 2 unspecified atom stereocenters. The van der Waals surface area contributed by atoms with E-state index in [0.717, 1.165) is 45.0 Å². The van der Waals surface area contributed by atoms with Crippen LogP contribution >= 0.6 is 0 Å². The van der Waals surface area contributed by atoms with Gasteiger partial charge in [0.05, 0.1) is 12.5 Å². The summed E-state index contributed by atoms with van der Waals surface area (Å²) < 4.78 is 5.21. The maximum Gasteiger partial charge on any atom is 0.310 e. The van der Waals surface area contributed by atoms with E-state index in [1.54, 1.807) is 0 Å². The molecule has 6 heteroatoms. The van der Waals surface area contributed by atoms with Gasteiger partial charge in [0.2, 0.25) is 0 Å². The molecule has 1 N–H and O–H groups in total. The predicted octanol–water partition coefficient (Wildman–Crippen LogP) is 1.96. The molecule has 0 radical (unpaired) electrons. The molecule has 2 fully saturated rings. The molecule has 2 aliphatic heterocycles. The summed E-state index contributed by atoms with van der Waals surface area (Å²) in [6.07, 6.45) is 4.40. The fraction of sp³-hybridized carbons (Fsp3) is 0.895. The van der Waals surface area contributed by atoms with Crippen LogP contribution in [0.1, 0.15) is 46.5 Å². The fourth-order valence-electron chi connectivity index (χ4n) is 3.84. The Morgan fingerprint density at radius 3 is 2.76 bits per heavy atom. The van der Waals surface area contributed by atoms with Crippen molar-refractivity contribution in [3.63, 3.8) is 0 Å². The molecule has 2 atom stereocenters. The Labute approximate surface area is 153 Å². The number of carbonyl (C=O) groups is 1. The maximum absolute atomic E-state index is 12.1. The summed E-state index contributed by atoms with van der Waals surface area (Å²) >= 11 is 0. The zero-order valence-electron chi connectivity index (χ0n) is 16.3. The van der Waals surface area contributed by atoms with E-state index in [-0.39, 0.29) is 11.9 Å². The normalized spacial score (nSPS) is 25.2. The Bertz CT molecular complexity index is 441. The molecule has 2 heterocycles. The van der Waals surface area contributed by atoms with Crippen molar-refractivity contribution < 1.29 is 9.53 Å². The van der Waals surface area contributed by atoms with Crippen molar-refractivity contribution in [2.24, 2.45) is 16.8 Å². The van der Waals surface area contributed by atoms with Crippen LogP contribution in [0, 0.1) is 11.8 Å². The van der Waals surface area contributed by atoms with Crippen molar-refractivity contribution in [2.45, 2.75) is 46.5 Å². The van der Waals surface area contributed by atoms with Crippen molar-refractivity contribution in [3.8, 4) is 0 Å². The first-order valence-corrected chi connectivity index (χ1v) is 10.1. The van der Waals surface area contributed by atoms with Gasteiger partial charge in [-0.3, -0.25) is 9.79 Å². The number of nitrogens with one attached hydrogen (secondary N) is 1. The minimum atomic E-state index is -0.0611. The monoisotopic (exact) mass is 352 g/mol. The molecule has 0 spiro atoms. The molecule has 6 nitrogen and oxygen atoms in total. The second-order valence-corrected chi connectivity index (χ2v) is 7.19. The van der Waals surface area contributed by atoms with Crippen molar-refractivity contribution in [1.29, 1.82) is 0 Å². The van der Waals surface area contributed by atoms with Crippen LogP contribution in [0.25, 0.3) is 0 Å². The van der Waals surface area contributed by atoms with E-state index in [2.05, 4.69) is 29.0 Å². The summed E-state index contributed by atoms with van der Waals surface area (Å²) in [6.45, 7) is 13.7. The number of aliphatic imine (C=N–C) groups is 1. The fourth-order valence-corrected chi connectivity index (χ4v) is 3.84. The molecule has 25 heavy (non-hydrogen) atoms. The molecule has 0 amide bonds. The van der Waals surface area contributed by atoms with E-state index >= 15 is 0 Å². The van der Waals surface area contributed by atoms with Gasteiger partial charge < -0.3 is 19.9 Å². The number of guanidine groups is 1. The van der Waals surface area contributed by atoms with Gasteiger partial charge in [-0.15, -0.1) is 0 Å². The molecule has 0 aromatic carbocycles. The summed E-state index contributed by atoms with van der Waals surface area (Å²) in [7, 11) is 0. The lowest BCUT2D eigenvalue weighted by molar-refractivity contribution is -0.149. The third kappa shape index (κ3) is 6.17. The molecule has 2 rings (SSSR count). The first-order valence-electron chi connectivity index (χ1n) is 10.1. The summed E-state index contributed by atoms with van der Waals surface area (Å²) in [5, 5.41) is 3.41. The Hall–Kier alpha value is -1.30. The number of nitrogens with zero attached hydrogens (tertiary/aromatic N) is 3. The summed E-state index contributed by atoms with van der Waals surface area (Å²) in [6, 6.07) is 0. The molecule has 0 aromatic rings. The maximum atomic E-state index is 12.1. The van der Waals surface area contributed by atoms with Gasteiger partial charge in [0.1, 0.15) is 0 Å². The number of likely N-dealkylation sites (tertiary alicyclic amines) is 2. The first kappa shape index (κ1) is 20.0. The number of ether oxygens (including phenoxy) is 1. The molecular formula is C19H36N4O2. The van der Waals surface area contributed by atoms with Crippen LogP contribution in [0.2, 0.25) is 0 Å². The van der Waals surface area contributed by atoms with Gasteiger partial charge in [-0.1, -0.05) is 6.92 Å². The van der Waals surface area contributed by atoms with Gasteiger partial charge in [0, 0.05) is 32.7 Å². The van der Waals surface area contributed by atoms with Crippen LogP contribution in [0.15, 0.2) is 4.99 Å². The Kier molecular flexibility index (Phi) is 8.52. The summed E-state index contributed by atoms with van der Waals surface area (Å²) in [5.41, 5.74) is 0. The quantitative estimate of drug-likeness (QED) is 0.431. The van der Waals surface area contributed by atoms with E-state index in [9.17, 15) is 4.79 Å². The van der Waals surface area contributed by atoms with Crippen LogP contribution in [-0.4, -0.2) is 74.1 Å². The van der Waals surface area contributed by atoms with Crippen LogP contribution in [0.4, 0.5) is 0 Å². The second-order valence-electron chi connectivity index (χ2n) is 7.19. The lowest BCUT2D eigenvalue weighted by Crippen LogP contribution is -2.48. The number of esters is 1. The molecular weight excluding hydrogens is 316 g/mol. The van der Waals surface area contributed by atoms with E-state index in [4.69, 9.17) is 9.73 Å². The highest BCUT2D eigenvalue weighted by molar-refractivity contribution is 5.81. The number of hydrogen-bond donors (Lipinski definition) is 1. The van der Waals surface area contributed by atoms with Gasteiger partial charge in [0.25, 0.3) is 0 Å². The molecule has 2 aliphatic rings. The number of piperidine rings is 1.